The molecule has 9 aromatic rings. The van der Waals surface area contributed by atoms with Crippen LogP contribution in [0.1, 0.15) is 25.0 Å². The summed E-state index contributed by atoms with van der Waals surface area (Å²) in [5, 5.41) is 7.68. The molecule has 0 spiro atoms. The highest BCUT2D eigenvalue weighted by Gasteiger charge is 2.35. The van der Waals surface area contributed by atoms with Crippen LogP contribution in [0, 0.1) is 0 Å². The number of hydrogen-bond acceptors (Lipinski definition) is 1. The summed E-state index contributed by atoms with van der Waals surface area (Å²) in [6.45, 7) is 4.69. The molecule has 0 saturated heterocycles. The minimum absolute atomic E-state index is 0.0435. The van der Waals surface area contributed by atoms with Crippen molar-refractivity contribution in [3.63, 3.8) is 0 Å². The minimum atomic E-state index is -0.0435. The van der Waals surface area contributed by atoms with Gasteiger partial charge in [0.15, 0.2) is 0 Å². The van der Waals surface area contributed by atoms with Gasteiger partial charge < -0.3 is 4.90 Å². The summed E-state index contributed by atoms with van der Waals surface area (Å²) in [6, 6.07) is 69.2. The van der Waals surface area contributed by atoms with Gasteiger partial charge in [-0.25, -0.2) is 0 Å². The molecule has 0 heterocycles. The Kier molecular flexibility index (Phi) is 6.91. The van der Waals surface area contributed by atoms with E-state index in [0.717, 1.165) is 17.1 Å². The highest BCUT2D eigenvalue weighted by Crippen LogP contribution is 2.51. The second-order valence-corrected chi connectivity index (χ2v) is 14.6. The predicted octanol–water partition coefficient (Wildman–Crippen LogP) is 14.3. The van der Waals surface area contributed by atoms with Crippen molar-refractivity contribution in [2.75, 3.05) is 4.90 Å². The zero-order chi connectivity index (χ0) is 34.8. The van der Waals surface area contributed by atoms with Gasteiger partial charge in [0.25, 0.3) is 0 Å². The van der Waals surface area contributed by atoms with Crippen LogP contribution in [0.2, 0.25) is 0 Å². The lowest BCUT2D eigenvalue weighted by Gasteiger charge is -2.28. The van der Waals surface area contributed by atoms with E-state index >= 15 is 0 Å². The molecule has 1 aliphatic carbocycles. The van der Waals surface area contributed by atoms with Gasteiger partial charge in [0.2, 0.25) is 0 Å². The van der Waals surface area contributed by atoms with Crippen LogP contribution in [0.15, 0.2) is 188 Å². The molecule has 246 valence electrons. The van der Waals surface area contributed by atoms with Gasteiger partial charge in [0, 0.05) is 22.5 Å². The molecule has 0 atom stereocenters. The monoisotopic (exact) mass is 663 g/mol. The van der Waals surface area contributed by atoms with Crippen LogP contribution in [-0.4, -0.2) is 0 Å². The number of anilines is 3. The van der Waals surface area contributed by atoms with Gasteiger partial charge in [-0.05, 0) is 119 Å². The molecule has 0 fully saturated rings. The first-order valence-corrected chi connectivity index (χ1v) is 18.2. The van der Waals surface area contributed by atoms with Crippen LogP contribution in [-0.2, 0) is 5.41 Å². The van der Waals surface area contributed by atoms with Gasteiger partial charge in [-0.1, -0.05) is 159 Å². The normalized spacial score (nSPS) is 13.0. The van der Waals surface area contributed by atoms with Crippen molar-refractivity contribution in [1.29, 1.82) is 0 Å². The molecule has 1 heteroatoms. The van der Waals surface area contributed by atoms with Crippen molar-refractivity contribution in [1.82, 2.24) is 0 Å². The molecule has 0 amide bonds. The summed E-state index contributed by atoms with van der Waals surface area (Å²) in [4.78, 5) is 2.41. The molecular weight excluding hydrogens is 627 g/mol. The summed E-state index contributed by atoms with van der Waals surface area (Å²) in [5.41, 5.74) is 13.6. The maximum atomic E-state index is 2.41. The van der Waals surface area contributed by atoms with E-state index in [2.05, 4.69) is 207 Å². The van der Waals surface area contributed by atoms with E-state index in [9.17, 15) is 0 Å². The van der Waals surface area contributed by atoms with Gasteiger partial charge >= 0.3 is 0 Å². The zero-order valence-corrected chi connectivity index (χ0v) is 29.3. The highest BCUT2D eigenvalue weighted by atomic mass is 15.1. The summed E-state index contributed by atoms with van der Waals surface area (Å²) in [7, 11) is 0. The van der Waals surface area contributed by atoms with Crippen molar-refractivity contribution in [3.05, 3.63) is 199 Å². The maximum absolute atomic E-state index is 2.41. The van der Waals surface area contributed by atoms with E-state index in [1.165, 1.54) is 76.8 Å². The van der Waals surface area contributed by atoms with Gasteiger partial charge in [-0.3, -0.25) is 0 Å². The molecular formula is C51H37N. The van der Waals surface area contributed by atoms with E-state index in [1.54, 1.807) is 0 Å². The molecule has 0 unspecified atom stereocenters. The van der Waals surface area contributed by atoms with Crippen molar-refractivity contribution >= 4 is 49.4 Å². The lowest BCUT2D eigenvalue weighted by molar-refractivity contribution is 0.660. The molecule has 0 radical (unpaired) electrons. The Balaban J connectivity index is 1.15. The van der Waals surface area contributed by atoms with E-state index in [1.807, 2.05) is 0 Å². The minimum Gasteiger partial charge on any atom is -0.310 e. The largest absolute Gasteiger partial charge is 0.310 e. The standard InChI is InChI=1S/C51H37N/c1-51(2)49-22-11-10-21-45(49)48-32-40(28-30-50(48)51)52(39-17-12-16-37(31-39)34-13-4-3-5-14-34)38-26-23-36(24-27-38)46-33-47-41-18-7-6-15-35(41)25-29-44(47)42-19-8-9-20-43(42)46/h3-33H,1-2H3. The Morgan fingerprint density at radius 2 is 0.962 bits per heavy atom. The van der Waals surface area contributed by atoms with Crippen LogP contribution >= 0.6 is 0 Å². The highest BCUT2D eigenvalue weighted by molar-refractivity contribution is 6.21. The summed E-state index contributed by atoms with van der Waals surface area (Å²) < 4.78 is 0. The average molecular weight is 664 g/mol. The smallest absolute Gasteiger partial charge is 0.0468 e. The van der Waals surface area contributed by atoms with Crippen molar-refractivity contribution in [3.8, 4) is 33.4 Å². The Labute approximate surface area is 305 Å². The molecule has 52 heavy (non-hydrogen) atoms. The summed E-state index contributed by atoms with van der Waals surface area (Å²) in [5.74, 6) is 0. The molecule has 0 N–H and O–H groups in total. The summed E-state index contributed by atoms with van der Waals surface area (Å²) in [6.07, 6.45) is 0. The van der Waals surface area contributed by atoms with E-state index in [-0.39, 0.29) is 5.41 Å². The quantitative estimate of drug-likeness (QED) is 0.166. The number of hydrogen-bond donors (Lipinski definition) is 0. The maximum Gasteiger partial charge on any atom is 0.0468 e. The number of rotatable bonds is 5. The van der Waals surface area contributed by atoms with Crippen molar-refractivity contribution in [2.24, 2.45) is 0 Å². The van der Waals surface area contributed by atoms with Crippen LogP contribution < -0.4 is 4.90 Å². The third-order valence-electron chi connectivity index (χ3n) is 11.2. The fraction of sp³-hybridized carbons (Fsp3) is 0.0588. The first kappa shape index (κ1) is 30.4. The number of nitrogens with zero attached hydrogens (tertiary/aromatic N) is 1. The fourth-order valence-electron chi connectivity index (χ4n) is 8.64. The first-order valence-electron chi connectivity index (χ1n) is 18.2. The number of benzene rings is 9. The molecule has 0 aliphatic heterocycles. The average Bonchev–Trinajstić information content (AvgIpc) is 3.43. The first-order chi connectivity index (χ1) is 25.5. The Morgan fingerprint density at radius 1 is 0.327 bits per heavy atom. The van der Waals surface area contributed by atoms with Crippen LogP contribution in [0.3, 0.4) is 0 Å². The van der Waals surface area contributed by atoms with Crippen molar-refractivity contribution < 1.29 is 0 Å². The SMILES string of the molecule is CC1(C)c2ccccc2-c2cc(N(c3ccc(-c4cc5c6ccccc6ccc5c5ccccc45)cc3)c3cccc(-c4ccccc4)c3)ccc21. The van der Waals surface area contributed by atoms with Crippen LogP contribution in [0.5, 0.6) is 0 Å². The number of fused-ring (bicyclic) bond motifs is 8. The van der Waals surface area contributed by atoms with Crippen LogP contribution in [0.25, 0.3) is 65.7 Å². The lowest BCUT2D eigenvalue weighted by atomic mass is 9.82. The molecule has 9 aromatic carbocycles. The molecule has 0 bridgehead atoms. The second-order valence-electron chi connectivity index (χ2n) is 14.6. The third-order valence-corrected chi connectivity index (χ3v) is 11.2. The Bertz CT molecular complexity index is 2810. The van der Waals surface area contributed by atoms with Gasteiger partial charge in [0.1, 0.15) is 0 Å². The predicted molar refractivity (Wildman–Crippen MR) is 222 cm³/mol. The molecule has 0 aromatic heterocycles. The van der Waals surface area contributed by atoms with E-state index in [4.69, 9.17) is 0 Å². The van der Waals surface area contributed by atoms with Crippen LogP contribution in [0.4, 0.5) is 17.1 Å². The summed E-state index contributed by atoms with van der Waals surface area (Å²) >= 11 is 0. The Hall–Kier alpha value is -6.44. The van der Waals surface area contributed by atoms with Crippen molar-refractivity contribution in [2.45, 2.75) is 19.3 Å². The van der Waals surface area contributed by atoms with Gasteiger partial charge in [0.05, 0.1) is 0 Å². The Morgan fingerprint density at radius 3 is 1.81 bits per heavy atom. The van der Waals surface area contributed by atoms with Gasteiger partial charge in [-0.2, -0.15) is 0 Å². The molecule has 1 nitrogen and oxygen atoms in total. The topological polar surface area (TPSA) is 3.24 Å². The van der Waals surface area contributed by atoms with E-state index in [0.29, 0.717) is 0 Å². The second kappa shape index (κ2) is 11.8. The molecule has 1 aliphatic rings. The van der Waals surface area contributed by atoms with E-state index < -0.39 is 0 Å². The zero-order valence-electron chi connectivity index (χ0n) is 29.3. The molecule has 0 saturated carbocycles. The lowest BCUT2D eigenvalue weighted by Crippen LogP contribution is -2.15. The fourth-order valence-corrected chi connectivity index (χ4v) is 8.64. The third kappa shape index (κ3) is 4.77. The molecule has 10 rings (SSSR count). The van der Waals surface area contributed by atoms with Gasteiger partial charge in [-0.15, -0.1) is 0 Å².